The topological polar surface area (TPSA) is 38.3 Å². The van der Waals surface area contributed by atoms with Gasteiger partial charge in [-0.2, -0.15) is 0 Å². The van der Waals surface area contributed by atoms with Gasteiger partial charge in [0.25, 0.3) is 0 Å². The highest BCUT2D eigenvalue weighted by Gasteiger charge is 2.39. The molecule has 1 amide bonds. The molecule has 0 radical (unpaired) electrons. The number of hydrogen-bond acceptors (Lipinski definition) is 2. The van der Waals surface area contributed by atoms with Gasteiger partial charge < -0.3 is 10.1 Å². The number of carbonyl (C=O) groups excluding carboxylic acids is 1. The van der Waals surface area contributed by atoms with Crippen LogP contribution in [-0.2, 0) is 10.2 Å². The summed E-state index contributed by atoms with van der Waals surface area (Å²) < 4.78 is 6.38. The highest BCUT2D eigenvalue weighted by molar-refractivity contribution is 9.10. The minimum absolute atomic E-state index is 0.0701. The maximum Gasteiger partial charge on any atom is 0.407 e. The number of rotatable bonds is 3. The van der Waals surface area contributed by atoms with E-state index in [-0.39, 0.29) is 11.5 Å². The normalized spacial score (nSPS) is 17.2. The van der Waals surface area contributed by atoms with Gasteiger partial charge in [0.2, 0.25) is 0 Å². The molecule has 1 aliphatic carbocycles. The Labute approximate surface area is 129 Å². The Bertz CT molecular complexity index is 489. The second-order valence-electron chi connectivity index (χ2n) is 6.50. The molecule has 3 nitrogen and oxygen atoms in total. The maximum atomic E-state index is 11.8. The molecule has 1 saturated carbocycles. The Morgan fingerprint density at radius 1 is 1.40 bits per heavy atom. The number of nitrogens with one attached hydrogen (secondary N) is 1. The lowest BCUT2D eigenvalue weighted by Gasteiger charge is -2.42. The molecule has 4 heteroatoms. The van der Waals surface area contributed by atoms with Crippen LogP contribution in [0.15, 0.2) is 28.7 Å². The van der Waals surface area contributed by atoms with Gasteiger partial charge >= 0.3 is 6.09 Å². The van der Waals surface area contributed by atoms with Gasteiger partial charge in [-0.25, -0.2) is 4.79 Å². The van der Waals surface area contributed by atoms with E-state index >= 15 is 0 Å². The van der Waals surface area contributed by atoms with Crippen LogP contribution in [0.3, 0.4) is 0 Å². The predicted molar refractivity (Wildman–Crippen MR) is 83.9 cm³/mol. The SMILES string of the molecule is CC(C)(C)OC(=O)NCC1(c2cccc(Br)c2)CCC1. The number of carbonyl (C=O) groups is 1. The number of halogens is 1. The van der Waals surface area contributed by atoms with Crippen LogP contribution in [0.5, 0.6) is 0 Å². The second kappa shape index (κ2) is 5.76. The molecule has 1 N–H and O–H groups in total. The van der Waals surface area contributed by atoms with Gasteiger partial charge in [0.15, 0.2) is 0 Å². The van der Waals surface area contributed by atoms with E-state index in [1.54, 1.807) is 0 Å². The van der Waals surface area contributed by atoms with Crippen LogP contribution < -0.4 is 5.32 Å². The van der Waals surface area contributed by atoms with Crippen LogP contribution in [-0.4, -0.2) is 18.2 Å². The highest BCUT2D eigenvalue weighted by Crippen LogP contribution is 2.43. The Morgan fingerprint density at radius 2 is 2.10 bits per heavy atom. The van der Waals surface area contributed by atoms with Gasteiger partial charge in [-0.3, -0.25) is 0 Å². The monoisotopic (exact) mass is 339 g/mol. The average molecular weight is 340 g/mol. The summed E-state index contributed by atoms with van der Waals surface area (Å²) in [5, 5.41) is 2.92. The van der Waals surface area contributed by atoms with Crippen LogP contribution in [0.4, 0.5) is 4.79 Å². The van der Waals surface area contributed by atoms with Crippen molar-refractivity contribution in [3.05, 3.63) is 34.3 Å². The Kier molecular flexibility index (Phi) is 4.43. The summed E-state index contributed by atoms with van der Waals surface area (Å²) in [4.78, 5) is 11.8. The summed E-state index contributed by atoms with van der Waals surface area (Å²) in [5.74, 6) is 0. The summed E-state index contributed by atoms with van der Waals surface area (Å²) in [6, 6.07) is 8.36. The Balaban J connectivity index is 2.01. The Morgan fingerprint density at radius 3 is 2.60 bits per heavy atom. The van der Waals surface area contributed by atoms with Crippen molar-refractivity contribution in [1.82, 2.24) is 5.32 Å². The van der Waals surface area contributed by atoms with E-state index in [9.17, 15) is 4.79 Å². The molecule has 1 aromatic rings. The quantitative estimate of drug-likeness (QED) is 0.886. The molecule has 0 aliphatic heterocycles. The van der Waals surface area contributed by atoms with Gasteiger partial charge in [0.05, 0.1) is 0 Å². The molecule has 1 aliphatic rings. The number of hydrogen-bond donors (Lipinski definition) is 1. The molecule has 0 atom stereocenters. The molecule has 110 valence electrons. The lowest BCUT2D eigenvalue weighted by Crippen LogP contribution is -2.46. The molecule has 0 heterocycles. The zero-order chi connectivity index (χ0) is 14.8. The highest BCUT2D eigenvalue weighted by atomic mass is 79.9. The van der Waals surface area contributed by atoms with E-state index in [4.69, 9.17) is 4.74 Å². The van der Waals surface area contributed by atoms with Crippen LogP contribution in [0.25, 0.3) is 0 Å². The van der Waals surface area contributed by atoms with Crippen LogP contribution >= 0.6 is 15.9 Å². The van der Waals surface area contributed by atoms with E-state index in [0.29, 0.717) is 6.54 Å². The molecular weight excluding hydrogens is 318 g/mol. The largest absolute Gasteiger partial charge is 0.444 e. The van der Waals surface area contributed by atoms with Crippen molar-refractivity contribution in [2.45, 2.75) is 51.0 Å². The van der Waals surface area contributed by atoms with Crippen molar-refractivity contribution in [2.24, 2.45) is 0 Å². The fraction of sp³-hybridized carbons (Fsp3) is 0.562. The first kappa shape index (κ1) is 15.4. The fourth-order valence-electron chi connectivity index (χ4n) is 2.54. The lowest BCUT2D eigenvalue weighted by molar-refractivity contribution is 0.0499. The minimum Gasteiger partial charge on any atom is -0.444 e. The predicted octanol–water partition coefficient (Wildman–Crippen LogP) is 4.40. The van der Waals surface area contributed by atoms with Crippen molar-refractivity contribution in [3.8, 4) is 0 Å². The molecule has 1 aromatic carbocycles. The molecule has 1 fully saturated rings. The molecule has 0 aromatic heterocycles. The molecule has 2 rings (SSSR count). The van der Waals surface area contributed by atoms with E-state index in [1.807, 2.05) is 32.9 Å². The summed E-state index contributed by atoms with van der Waals surface area (Å²) in [7, 11) is 0. The third-order valence-corrected chi connectivity index (χ3v) is 4.21. The van der Waals surface area contributed by atoms with Crippen molar-refractivity contribution in [1.29, 1.82) is 0 Å². The summed E-state index contributed by atoms with van der Waals surface area (Å²) >= 11 is 3.52. The number of benzene rings is 1. The first-order chi connectivity index (χ1) is 9.31. The maximum absolute atomic E-state index is 11.8. The lowest BCUT2D eigenvalue weighted by atomic mass is 9.64. The third kappa shape index (κ3) is 3.75. The molecule has 0 spiro atoms. The second-order valence-corrected chi connectivity index (χ2v) is 7.42. The first-order valence-corrected chi connectivity index (χ1v) is 7.83. The first-order valence-electron chi connectivity index (χ1n) is 7.04. The van der Waals surface area contributed by atoms with E-state index in [2.05, 4.69) is 33.4 Å². The van der Waals surface area contributed by atoms with E-state index < -0.39 is 5.60 Å². The molecule has 0 unspecified atom stereocenters. The van der Waals surface area contributed by atoms with E-state index in [1.165, 1.54) is 12.0 Å². The van der Waals surface area contributed by atoms with Gasteiger partial charge in [-0.15, -0.1) is 0 Å². The van der Waals surface area contributed by atoms with Crippen molar-refractivity contribution < 1.29 is 9.53 Å². The Hall–Kier alpha value is -1.03. The van der Waals surface area contributed by atoms with Crippen molar-refractivity contribution in [2.75, 3.05) is 6.54 Å². The number of amides is 1. The molecular formula is C16H22BrNO2. The summed E-state index contributed by atoms with van der Waals surface area (Å²) in [6.07, 6.45) is 3.10. The number of ether oxygens (including phenoxy) is 1. The van der Waals surface area contributed by atoms with E-state index in [0.717, 1.165) is 17.3 Å². The van der Waals surface area contributed by atoms with Crippen LogP contribution in [0.1, 0.15) is 45.6 Å². The van der Waals surface area contributed by atoms with Crippen LogP contribution in [0, 0.1) is 0 Å². The van der Waals surface area contributed by atoms with Gasteiger partial charge in [0, 0.05) is 16.4 Å². The van der Waals surface area contributed by atoms with Crippen LogP contribution in [0.2, 0.25) is 0 Å². The van der Waals surface area contributed by atoms with Crippen molar-refractivity contribution >= 4 is 22.0 Å². The smallest absolute Gasteiger partial charge is 0.407 e. The third-order valence-electron chi connectivity index (χ3n) is 3.72. The standard InChI is InChI=1S/C16H22BrNO2/c1-15(2,3)20-14(19)18-11-16(8-5-9-16)12-6-4-7-13(17)10-12/h4,6-7,10H,5,8-9,11H2,1-3H3,(H,18,19). The van der Waals surface area contributed by atoms with Crippen molar-refractivity contribution in [3.63, 3.8) is 0 Å². The fourth-order valence-corrected chi connectivity index (χ4v) is 2.94. The summed E-state index contributed by atoms with van der Waals surface area (Å²) in [5.41, 5.74) is 0.905. The average Bonchev–Trinajstić information content (AvgIpc) is 2.25. The zero-order valence-electron chi connectivity index (χ0n) is 12.3. The van der Waals surface area contributed by atoms with Gasteiger partial charge in [0.1, 0.15) is 5.60 Å². The number of alkyl carbamates (subject to hydrolysis) is 1. The molecule has 0 bridgehead atoms. The zero-order valence-corrected chi connectivity index (χ0v) is 13.9. The minimum atomic E-state index is -0.452. The molecule has 20 heavy (non-hydrogen) atoms. The van der Waals surface area contributed by atoms with Gasteiger partial charge in [-0.05, 0) is 51.3 Å². The van der Waals surface area contributed by atoms with Gasteiger partial charge in [-0.1, -0.05) is 34.5 Å². The molecule has 0 saturated heterocycles. The summed E-state index contributed by atoms with van der Waals surface area (Å²) in [6.45, 7) is 6.26.